The molecule has 0 radical (unpaired) electrons. The van der Waals surface area contributed by atoms with Gasteiger partial charge in [0, 0.05) is 43.5 Å². The molecule has 160 valence electrons. The van der Waals surface area contributed by atoms with Gasteiger partial charge in [0.25, 0.3) is 0 Å². The molecule has 2 saturated carbocycles. The zero-order valence-corrected chi connectivity index (χ0v) is 17.6. The molecular weight excluding hydrogens is 376 g/mol. The van der Waals surface area contributed by atoms with Gasteiger partial charge in [0.1, 0.15) is 11.5 Å². The Bertz CT molecular complexity index is 870. The Morgan fingerprint density at radius 3 is 2.83 bits per heavy atom. The number of aromatic amines is 1. The van der Waals surface area contributed by atoms with Gasteiger partial charge in [0.2, 0.25) is 5.91 Å². The molecule has 0 bridgehead atoms. The molecule has 3 N–H and O–H groups in total. The molecule has 3 fully saturated rings. The summed E-state index contributed by atoms with van der Waals surface area (Å²) in [5.41, 5.74) is 2.06. The second-order valence-corrected chi connectivity index (χ2v) is 9.01. The van der Waals surface area contributed by atoms with Crippen molar-refractivity contribution in [3.05, 3.63) is 30.1 Å². The van der Waals surface area contributed by atoms with Gasteiger partial charge in [-0.2, -0.15) is 0 Å². The number of hydrogen-bond donors (Lipinski definition) is 3. The first-order chi connectivity index (χ1) is 14.8. The summed E-state index contributed by atoms with van der Waals surface area (Å²) in [6, 6.07) is 6.63. The van der Waals surface area contributed by atoms with Crippen molar-refractivity contribution in [3.63, 3.8) is 0 Å². The van der Waals surface area contributed by atoms with Crippen LogP contribution in [0.5, 0.6) is 0 Å². The van der Waals surface area contributed by atoms with Crippen LogP contribution in [0.4, 0.5) is 5.82 Å². The van der Waals surface area contributed by atoms with Crippen LogP contribution in [0.3, 0.4) is 0 Å². The number of nitrogens with zero attached hydrogens (tertiary/aromatic N) is 3. The number of nitrogens with one attached hydrogen (secondary N) is 3. The summed E-state index contributed by atoms with van der Waals surface area (Å²) in [5.74, 6) is 2.62. The lowest BCUT2D eigenvalue weighted by Gasteiger charge is -2.23. The number of pyridine rings is 1. The third-order valence-electron chi connectivity index (χ3n) is 6.77. The van der Waals surface area contributed by atoms with E-state index in [9.17, 15) is 4.79 Å². The van der Waals surface area contributed by atoms with Crippen LogP contribution in [0.1, 0.15) is 56.6 Å². The fourth-order valence-electron chi connectivity index (χ4n) is 4.86. The average Bonchev–Trinajstić information content (AvgIpc) is 3.21. The molecule has 1 saturated heterocycles. The number of H-pyrrole nitrogens is 1. The molecule has 3 aliphatic rings. The van der Waals surface area contributed by atoms with Crippen LogP contribution in [0.25, 0.3) is 11.5 Å². The summed E-state index contributed by atoms with van der Waals surface area (Å²) in [6.07, 6.45) is 10.7. The Morgan fingerprint density at radius 2 is 2.00 bits per heavy atom. The number of imidazole rings is 1. The van der Waals surface area contributed by atoms with E-state index in [-0.39, 0.29) is 11.8 Å². The van der Waals surface area contributed by atoms with Gasteiger partial charge >= 0.3 is 0 Å². The summed E-state index contributed by atoms with van der Waals surface area (Å²) < 4.78 is 0. The van der Waals surface area contributed by atoms with Gasteiger partial charge in [0.05, 0.1) is 5.92 Å². The first kappa shape index (κ1) is 19.5. The predicted octanol–water partition coefficient (Wildman–Crippen LogP) is 3.14. The van der Waals surface area contributed by atoms with E-state index < -0.39 is 0 Å². The predicted molar refractivity (Wildman–Crippen MR) is 117 cm³/mol. The zero-order chi connectivity index (χ0) is 20.3. The molecule has 7 nitrogen and oxygen atoms in total. The second-order valence-electron chi connectivity index (χ2n) is 9.01. The largest absolute Gasteiger partial charge is 0.368 e. The topological polar surface area (TPSA) is 85.9 Å². The Hall–Kier alpha value is -2.41. The van der Waals surface area contributed by atoms with Crippen molar-refractivity contribution in [1.82, 2.24) is 25.2 Å². The Morgan fingerprint density at radius 1 is 1.13 bits per heavy atom. The molecule has 1 amide bonds. The average molecular weight is 409 g/mol. The van der Waals surface area contributed by atoms with Crippen LogP contribution >= 0.6 is 0 Å². The van der Waals surface area contributed by atoms with Crippen LogP contribution < -0.4 is 10.6 Å². The van der Waals surface area contributed by atoms with E-state index in [1.54, 1.807) is 0 Å². The van der Waals surface area contributed by atoms with Crippen LogP contribution in [0.15, 0.2) is 24.4 Å². The van der Waals surface area contributed by atoms with Crippen molar-refractivity contribution in [2.45, 2.75) is 56.9 Å². The van der Waals surface area contributed by atoms with E-state index in [0.717, 1.165) is 42.9 Å². The standard InChI is InChI=1S/C23H32N6O/c30-23(17-10-13-29(15-17)18-4-1-2-5-18)25-12-11-24-21-7-3-6-19(27-21)22-26-14-20(28-22)16-8-9-16/h3,6-7,14,16-18H,1-2,4-5,8-13,15H2,(H,24,27)(H,25,30)(H,26,28). The molecule has 2 aromatic heterocycles. The van der Waals surface area contributed by atoms with E-state index in [2.05, 4.69) is 30.5 Å². The quantitative estimate of drug-likeness (QED) is 0.584. The van der Waals surface area contributed by atoms with Crippen LogP contribution in [-0.2, 0) is 4.79 Å². The van der Waals surface area contributed by atoms with Gasteiger partial charge in [-0.05, 0) is 50.8 Å². The first-order valence-electron chi connectivity index (χ1n) is 11.5. The highest BCUT2D eigenvalue weighted by Crippen LogP contribution is 2.39. The summed E-state index contributed by atoms with van der Waals surface area (Å²) in [5, 5.41) is 6.42. The van der Waals surface area contributed by atoms with Gasteiger partial charge in [-0.1, -0.05) is 18.9 Å². The molecule has 1 aliphatic heterocycles. The maximum absolute atomic E-state index is 12.5. The Kier molecular flexibility index (Phi) is 5.71. The zero-order valence-electron chi connectivity index (χ0n) is 17.6. The van der Waals surface area contributed by atoms with Gasteiger partial charge in [-0.15, -0.1) is 0 Å². The van der Waals surface area contributed by atoms with Crippen molar-refractivity contribution >= 4 is 11.7 Å². The molecule has 0 aromatic carbocycles. The normalized spacial score (nSPS) is 22.5. The highest BCUT2D eigenvalue weighted by molar-refractivity contribution is 5.79. The Labute approximate surface area is 178 Å². The van der Waals surface area contributed by atoms with Gasteiger partial charge < -0.3 is 15.6 Å². The van der Waals surface area contributed by atoms with E-state index in [1.165, 1.54) is 44.2 Å². The number of amides is 1. The van der Waals surface area contributed by atoms with Crippen molar-refractivity contribution in [2.24, 2.45) is 5.92 Å². The first-order valence-corrected chi connectivity index (χ1v) is 11.5. The third-order valence-corrected chi connectivity index (χ3v) is 6.77. The van der Waals surface area contributed by atoms with Gasteiger partial charge in [-0.25, -0.2) is 9.97 Å². The maximum Gasteiger partial charge on any atom is 0.224 e. The number of carbonyl (C=O) groups is 1. The molecule has 1 unspecified atom stereocenters. The summed E-state index contributed by atoms with van der Waals surface area (Å²) in [6.45, 7) is 3.27. The van der Waals surface area contributed by atoms with Crippen LogP contribution in [-0.4, -0.2) is 58.0 Å². The second kappa shape index (κ2) is 8.76. The highest BCUT2D eigenvalue weighted by atomic mass is 16.1. The van der Waals surface area contributed by atoms with Crippen molar-refractivity contribution in [2.75, 3.05) is 31.5 Å². The number of rotatable bonds is 8. The number of carbonyl (C=O) groups excluding carboxylic acids is 1. The lowest BCUT2D eigenvalue weighted by Crippen LogP contribution is -2.37. The van der Waals surface area contributed by atoms with Crippen molar-refractivity contribution < 1.29 is 4.79 Å². The fourth-order valence-corrected chi connectivity index (χ4v) is 4.86. The number of hydrogen-bond acceptors (Lipinski definition) is 5. The molecule has 30 heavy (non-hydrogen) atoms. The van der Waals surface area contributed by atoms with Crippen molar-refractivity contribution in [1.29, 1.82) is 0 Å². The molecule has 5 rings (SSSR count). The Balaban J connectivity index is 1.06. The summed E-state index contributed by atoms with van der Waals surface area (Å²) in [4.78, 5) is 27.6. The molecule has 2 aromatic rings. The minimum Gasteiger partial charge on any atom is -0.368 e. The lowest BCUT2D eigenvalue weighted by molar-refractivity contribution is -0.124. The van der Waals surface area contributed by atoms with Crippen LogP contribution in [0, 0.1) is 5.92 Å². The molecule has 1 atom stereocenters. The van der Waals surface area contributed by atoms with Gasteiger partial charge in [-0.3, -0.25) is 9.69 Å². The third kappa shape index (κ3) is 4.51. The smallest absolute Gasteiger partial charge is 0.224 e. The minimum absolute atomic E-state index is 0.145. The maximum atomic E-state index is 12.5. The molecule has 3 heterocycles. The van der Waals surface area contributed by atoms with E-state index in [1.807, 2.05) is 24.4 Å². The molecule has 7 heteroatoms. The van der Waals surface area contributed by atoms with Gasteiger partial charge in [0.15, 0.2) is 5.82 Å². The van der Waals surface area contributed by atoms with Crippen LogP contribution in [0.2, 0.25) is 0 Å². The molecule has 2 aliphatic carbocycles. The monoisotopic (exact) mass is 408 g/mol. The minimum atomic E-state index is 0.145. The van der Waals surface area contributed by atoms with E-state index in [4.69, 9.17) is 0 Å². The fraction of sp³-hybridized carbons (Fsp3) is 0.609. The SMILES string of the molecule is O=C(NCCNc1cccc(-c2ncc(C3CC3)[nH]2)n1)C1CCN(C2CCCC2)C1. The molecular formula is C23H32N6O. The lowest BCUT2D eigenvalue weighted by atomic mass is 10.1. The summed E-state index contributed by atoms with van der Waals surface area (Å²) in [7, 11) is 0. The number of likely N-dealkylation sites (tertiary alicyclic amines) is 1. The van der Waals surface area contributed by atoms with E-state index in [0.29, 0.717) is 19.0 Å². The number of anilines is 1. The molecule has 0 spiro atoms. The van der Waals surface area contributed by atoms with E-state index >= 15 is 0 Å². The summed E-state index contributed by atoms with van der Waals surface area (Å²) >= 11 is 0. The highest BCUT2D eigenvalue weighted by Gasteiger charge is 2.33. The van der Waals surface area contributed by atoms with Crippen molar-refractivity contribution in [3.8, 4) is 11.5 Å². The number of aromatic nitrogens is 3.